The number of hydrogen-bond donors (Lipinski definition) is 0. The van der Waals surface area contributed by atoms with Crippen molar-refractivity contribution < 1.29 is 14.3 Å². The Labute approximate surface area is 128 Å². The average Bonchev–Trinajstić information content (AvgIpc) is 2.48. The third-order valence-corrected chi connectivity index (χ3v) is 4.19. The fourth-order valence-electron chi connectivity index (χ4n) is 2.61. The van der Waals surface area contributed by atoms with Crippen LogP contribution in [0.15, 0.2) is 36.4 Å². The molecule has 0 aliphatic carbocycles. The molecule has 3 rings (SSSR count). The van der Waals surface area contributed by atoms with Gasteiger partial charge in [0.25, 0.3) is 0 Å². The van der Waals surface area contributed by atoms with Crippen molar-refractivity contribution in [2.24, 2.45) is 0 Å². The number of methoxy groups -OCH3 is 1. The molecule has 0 aromatic heterocycles. The first-order valence-corrected chi connectivity index (χ1v) is 7.11. The number of ether oxygens (including phenoxy) is 2. The van der Waals surface area contributed by atoms with Crippen LogP contribution >= 0.6 is 11.6 Å². The molecule has 4 heteroatoms. The van der Waals surface area contributed by atoms with Gasteiger partial charge in [0.2, 0.25) is 0 Å². The van der Waals surface area contributed by atoms with E-state index in [0.29, 0.717) is 17.2 Å². The summed E-state index contributed by atoms with van der Waals surface area (Å²) in [4.78, 5) is 11.8. The molecule has 2 aromatic rings. The summed E-state index contributed by atoms with van der Waals surface area (Å²) in [5, 5.41) is 0.685. The van der Waals surface area contributed by atoms with Crippen LogP contribution in [0.3, 0.4) is 0 Å². The minimum Gasteiger partial charge on any atom is -0.497 e. The maximum absolute atomic E-state index is 11.8. The van der Waals surface area contributed by atoms with Gasteiger partial charge in [-0.1, -0.05) is 23.7 Å². The van der Waals surface area contributed by atoms with Crippen molar-refractivity contribution in [1.29, 1.82) is 0 Å². The number of halogens is 1. The molecule has 108 valence electrons. The van der Waals surface area contributed by atoms with Crippen LogP contribution < -0.4 is 9.47 Å². The zero-order valence-corrected chi connectivity index (χ0v) is 12.6. The van der Waals surface area contributed by atoms with Gasteiger partial charge in [-0.25, -0.2) is 0 Å². The second-order valence-electron chi connectivity index (χ2n) is 5.14. The molecule has 0 radical (unpaired) electrons. The highest BCUT2D eigenvalue weighted by Gasteiger charge is 2.29. The van der Waals surface area contributed by atoms with Crippen LogP contribution in [0, 0.1) is 6.92 Å². The Balaban J connectivity index is 2.07. The smallest absolute Gasteiger partial charge is 0.312 e. The maximum Gasteiger partial charge on any atom is 0.312 e. The number of esters is 1. The number of carbonyl (C=O) groups excluding carboxylic acids is 1. The largest absolute Gasteiger partial charge is 0.497 e. The van der Waals surface area contributed by atoms with Gasteiger partial charge in [0.05, 0.1) is 13.5 Å². The predicted molar refractivity (Wildman–Crippen MR) is 81.3 cm³/mol. The van der Waals surface area contributed by atoms with E-state index in [1.54, 1.807) is 7.11 Å². The summed E-state index contributed by atoms with van der Waals surface area (Å²) in [5.41, 5.74) is 2.91. The Morgan fingerprint density at radius 2 is 1.95 bits per heavy atom. The SMILES string of the molecule is COc1ccc([C@@H]2CC(=O)Oc3cc(C)c(Cl)cc32)cc1. The second-order valence-corrected chi connectivity index (χ2v) is 5.55. The van der Waals surface area contributed by atoms with E-state index in [1.807, 2.05) is 43.3 Å². The Morgan fingerprint density at radius 3 is 2.62 bits per heavy atom. The minimum absolute atomic E-state index is 0.0368. The Hall–Kier alpha value is -2.00. The molecule has 0 fully saturated rings. The topological polar surface area (TPSA) is 35.5 Å². The number of rotatable bonds is 2. The van der Waals surface area contributed by atoms with Gasteiger partial charge < -0.3 is 9.47 Å². The van der Waals surface area contributed by atoms with E-state index < -0.39 is 0 Å². The van der Waals surface area contributed by atoms with Crippen molar-refractivity contribution in [2.45, 2.75) is 19.3 Å². The van der Waals surface area contributed by atoms with Crippen LogP contribution in [0.25, 0.3) is 0 Å². The first-order chi connectivity index (χ1) is 10.1. The minimum atomic E-state index is -0.218. The van der Waals surface area contributed by atoms with Crippen molar-refractivity contribution in [1.82, 2.24) is 0 Å². The monoisotopic (exact) mass is 302 g/mol. The molecule has 0 saturated heterocycles. The molecule has 0 amide bonds. The van der Waals surface area contributed by atoms with Gasteiger partial charge in [0.1, 0.15) is 11.5 Å². The van der Waals surface area contributed by atoms with Gasteiger partial charge in [0, 0.05) is 16.5 Å². The molecule has 0 spiro atoms. The van der Waals surface area contributed by atoms with Crippen molar-refractivity contribution in [3.8, 4) is 11.5 Å². The van der Waals surface area contributed by atoms with Gasteiger partial charge in [-0.2, -0.15) is 0 Å². The van der Waals surface area contributed by atoms with Crippen LogP contribution in [-0.4, -0.2) is 13.1 Å². The zero-order chi connectivity index (χ0) is 15.0. The van der Waals surface area contributed by atoms with E-state index in [4.69, 9.17) is 21.1 Å². The van der Waals surface area contributed by atoms with Crippen molar-refractivity contribution >= 4 is 17.6 Å². The lowest BCUT2D eigenvalue weighted by molar-refractivity contribution is -0.135. The van der Waals surface area contributed by atoms with Gasteiger partial charge >= 0.3 is 5.97 Å². The van der Waals surface area contributed by atoms with Crippen LogP contribution in [0.1, 0.15) is 29.0 Å². The second kappa shape index (κ2) is 5.41. The molecule has 1 heterocycles. The first kappa shape index (κ1) is 14.0. The molecule has 0 unspecified atom stereocenters. The summed E-state index contributed by atoms with van der Waals surface area (Å²) in [6.07, 6.45) is 0.318. The fourth-order valence-corrected chi connectivity index (χ4v) is 2.78. The highest BCUT2D eigenvalue weighted by atomic mass is 35.5. The molecule has 0 saturated carbocycles. The summed E-state index contributed by atoms with van der Waals surface area (Å²) < 4.78 is 10.5. The Kier molecular flexibility index (Phi) is 3.60. The predicted octanol–water partition coefficient (Wildman–Crippen LogP) is 4.10. The molecular formula is C17H15ClO3. The highest BCUT2D eigenvalue weighted by molar-refractivity contribution is 6.31. The lowest BCUT2D eigenvalue weighted by Gasteiger charge is -2.25. The Morgan fingerprint density at radius 1 is 1.24 bits per heavy atom. The van der Waals surface area contributed by atoms with E-state index in [1.165, 1.54) is 0 Å². The lowest BCUT2D eigenvalue weighted by Crippen LogP contribution is -2.21. The average molecular weight is 303 g/mol. The van der Waals surface area contributed by atoms with Crippen LogP contribution in [0.5, 0.6) is 11.5 Å². The summed E-state index contributed by atoms with van der Waals surface area (Å²) in [5.74, 6) is 1.14. The molecule has 1 aliphatic rings. The van der Waals surface area contributed by atoms with Gasteiger partial charge in [-0.15, -0.1) is 0 Å². The zero-order valence-electron chi connectivity index (χ0n) is 11.9. The van der Waals surface area contributed by atoms with E-state index in [2.05, 4.69) is 0 Å². The van der Waals surface area contributed by atoms with Crippen molar-refractivity contribution in [3.63, 3.8) is 0 Å². The van der Waals surface area contributed by atoms with Gasteiger partial charge in [0.15, 0.2) is 0 Å². The van der Waals surface area contributed by atoms with E-state index in [-0.39, 0.29) is 11.9 Å². The molecule has 1 aliphatic heterocycles. The van der Waals surface area contributed by atoms with Crippen molar-refractivity contribution in [2.75, 3.05) is 7.11 Å². The Bertz CT molecular complexity index is 692. The van der Waals surface area contributed by atoms with E-state index >= 15 is 0 Å². The van der Waals surface area contributed by atoms with Crippen LogP contribution in [-0.2, 0) is 4.79 Å². The van der Waals surface area contributed by atoms with Crippen LogP contribution in [0.4, 0.5) is 0 Å². The number of aryl methyl sites for hydroxylation is 1. The molecule has 21 heavy (non-hydrogen) atoms. The third-order valence-electron chi connectivity index (χ3n) is 3.78. The van der Waals surface area contributed by atoms with E-state index in [0.717, 1.165) is 22.4 Å². The molecule has 1 atom stereocenters. The normalized spacial score (nSPS) is 17.1. The molecule has 2 aromatic carbocycles. The summed E-state index contributed by atoms with van der Waals surface area (Å²) >= 11 is 6.22. The number of hydrogen-bond acceptors (Lipinski definition) is 3. The quantitative estimate of drug-likeness (QED) is 0.619. The maximum atomic E-state index is 11.8. The summed E-state index contributed by atoms with van der Waals surface area (Å²) in [6, 6.07) is 11.5. The lowest BCUT2D eigenvalue weighted by atomic mass is 9.86. The standard InChI is InChI=1S/C17H15ClO3/c1-10-7-16-14(8-15(10)18)13(9-17(19)21-16)11-3-5-12(20-2)6-4-11/h3-8,13H,9H2,1-2H3/t13-/m0/s1. The van der Waals surface area contributed by atoms with Gasteiger partial charge in [-0.05, 0) is 42.3 Å². The molecular weight excluding hydrogens is 288 g/mol. The number of benzene rings is 2. The van der Waals surface area contributed by atoms with Crippen molar-refractivity contribution in [3.05, 3.63) is 58.1 Å². The number of carbonyl (C=O) groups is 1. The third kappa shape index (κ3) is 2.61. The summed E-state index contributed by atoms with van der Waals surface area (Å²) in [7, 11) is 1.63. The molecule has 0 bridgehead atoms. The first-order valence-electron chi connectivity index (χ1n) is 6.73. The summed E-state index contributed by atoms with van der Waals surface area (Å²) in [6.45, 7) is 1.90. The fraction of sp³-hybridized carbons (Fsp3) is 0.235. The highest BCUT2D eigenvalue weighted by Crippen LogP contribution is 2.41. The van der Waals surface area contributed by atoms with E-state index in [9.17, 15) is 4.79 Å². The molecule has 0 N–H and O–H groups in total. The van der Waals surface area contributed by atoms with Gasteiger partial charge in [-0.3, -0.25) is 4.79 Å². The van der Waals surface area contributed by atoms with Crippen LogP contribution in [0.2, 0.25) is 5.02 Å². The molecule has 3 nitrogen and oxygen atoms in total. The number of fused-ring (bicyclic) bond motifs is 1.